The van der Waals surface area contributed by atoms with Crippen LogP contribution in [-0.2, 0) is 0 Å². The van der Waals surface area contributed by atoms with E-state index >= 15 is 0 Å². The number of rotatable bonds is 4. The molecular formula is C24H16ClN3O3. The second kappa shape index (κ2) is 7.41. The van der Waals surface area contributed by atoms with Gasteiger partial charge in [0, 0.05) is 23.3 Å². The Balaban J connectivity index is 1.52. The van der Waals surface area contributed by atoms with E-state index < -0.39 is 5.97 Å². The lowest BCUT2D eigenvalue weighted by Gasteiger charge is -2.06. The summed E-state index contributed by atoms with van der Waals surface area (Å²) in [5, 5.41) is 12.0. The van der Waals surface area contributed by atoms with Gasteiger partial charge in [-0.05, 0) is 59.8 Å². The standard InChI is InChI=1S/C24H16ClN3O3/c1-13-2-5-17(9-18(13)23(29)30)31-24-27-21-10-19(20(25)11-22(21)28-24)15-3-4-16-12-26-7-6-14(16)8-15/h2-12H,1H3,(H,27,28)(H,29,30). The summed E-state index contributed by atoms with van der Waals surface area (Å²) in [6.45, 7) is 1.74. The number of halogens is 1. The van der Waals surface area contributed by atoms with E-state index in [0.717, 1.165) is 27.4 Å². The highest BCUT2D eigenvalue weighted by atomic mass is 35.5. The third-order valence-electron chi connectivity index (χ3n) is 5.15. The van der Waals surface area contributed by atoms with E-state index in [2.05, 4.69) is 21.0 Å². The molecule has 0 aliphatic rings. The molecule has 2 heterocycles. The van der Waals surface area contributed by atoms with Crippen LogP contribution in [0.25, 0.3) is 32.9 Å². The fourth-order valence-corrected chi connectivity index (χ4v) is 3.81. The highest BCUT2D eigenvalue weighted by Crippen LogP contribution is 2.34. The van der Waals surface area contributed by atoms with E-state index in [4.69, 9.17) is 16.3 Å². The number of hydrogen-bond acceptors (Lipinski definition) is 4. The minimum Gasteiger partial charge on any atom is -0.478 e. The van der Waals surface area contributed by atoms with E-state index in [1.54, 1.807) is 31.3 Å². The van der Waals surface area contributed by atoms with Crippen molar-refractivity contribution in [1.82, 2.24) is 15.0 Å². The summed E-state index contributed by atoms with van der Waals surface area (Å²) in [4.78, 5) is 23.1. The second-order valence-corrected chi connectivity index (χ2v) is 7.62. The van der Waals surface area contributed by atoms with Gasteiger partial charge in [0.2, 0.25) is 0 Å². The van der Waals surface area contributed by atoms with Crippen LogP contribution in [0.5, 0.6) is 11.8 Å². The highest BCUT2D eigenvalue weighted by molar-refractivity contribution is 6.34. The van der Waals surface area contributed by atoms with Gasteiger partial charge in [-0.25, -0.2) is 4.79 Å². The number of fused-ring (bicyclic) bond motifs is 2. The summed E-state index contributed by atoms with van der Waals surface area (Å²) < 4.78 is 5.77. The smallest absolute Gasteiger partial charge is 0.336 e. The summed E-state index contributed by atoms with van der Waals surface area (Å²) in [7, 11) is 0. The number of hydrogen-bond donors (Lipinski definition) is 2. The van der Waals surface area contributed by atoms with Gasteiger partial charge in [0.1, 0.15) is 5.75 Å². The van der Waals surface area contributed by atoms with Gasteiger partial charge in [0.15, 0.2) is 0 Å². The van der Waals surface area contributed by atoms with Crippen LogP contribution in [0.3, 0.4) is 0 Å². The van der Waals surface area contributed by atoms with Crippen LogP contribution in [0.1, 0.15) is 15.9 Å². The molecule has 0 saturated heterocycles. The number of aromatic amines is 1. The number of ether oxygens (including phenoxy) is 1. The van der Waals surface area contributed by atoms with Gasteiger partial charge >= 0.3 is 5.97 Å². The van der Waals surface area contributed by atoms with E-state index in [-0.39, 0.29) is 11.6 Å². The minimum absolute atomic E-state index is 0.186. The van der Waals surface area contributed by atoms with Gasteiger partial charge in [0.25, 0.3) is 6.01 Å². The fourth-order valence-electron chi connectivity index (χ4n) is 3.53. The molecule has 0 aliphatic carbocycles. The summed E-state index contributed by atoms with van der Waals surface area (Å²) >= 11 is 6.57. The maximum absolute atomic E-state index is 11.4. The van der Waals surface area contributed by atoms with Gasteiger partial charge < -0.3 is 14.8 Å². The lowest BCUT2D eigenvalue weighted by atomic mass is 10.0. The minimum atomic E-state index is -1.00. The average molecular weight is 430 g/mol. The van der Waals surface area contributed by atoms with Gasteiger partial charge in [-0.15, -0.1) is 0 Å². The third kappa shape index (κ3) is 3.58. The van der Waals surface area contributed by atoms with Crippen LogP contribution in [0, 0.1) is 6.92 Å². The first-order valence-corrected chi connectivity index (χ1v) is 9.91. The molecule has 6 nitrogen and oxygen atoms in total. The molecule has 31 heavy (non-hydrogen) atoms. The number of aromatic carboxylic acids is 1. The zero-order chi connectivity index (χ0) is 21.5. The van der Waals surface area contributed by atoms with Crippen molar-refractivity contribution >= 4 is 39.4 Å². The van der Waals surface area contributed by atoms with Crippen LogP contribution < -0.4 is 4.74 Å². The highest BCUT2D eigenvalue weighted by Gasteiger charge is 2.13. The number of nitrogens with zero attached hydrogens (tertiary/aromatic N) is 2. The first kappa shape index (κ1) is 19.1. The summed E-state index contributed by atoms with van der Waals surface area (Å²) in [6.07, 6.45) is 3.58. The van der Waals surface area contributed by atoms with Gasteiger partial charge in [-0.2, -0.15) is 4.98 Å². The van der Waals surface area contributed by atoms with Crippen LogP contribution in [-0.4, -0.2) is 26.0 Å². The lowest BCUT2D eigenvalue weighted by Crippen LogP contribution is -2.00. The zero-order valence-electron chi connectivity index (χ0n) is 16.4. The normalized spacial score (nSPS) is 11.2. The molecule has 0 spiro atoms. The van der Waals surface area contributed by atoms with Crippen molar-refractivity contribution in [1.29, 1.82) is 0 Å². The molecule has 0 aliphatic heterocycles. The molecule has 7 heteroatoms. The van der Waals surface area contributed by atoms with Gasteiger partial charge in [-0.3, -0.25) is 4.98 Å². The number of carbonyl (C=O) groups is 1. The summed E-state index contributed by atoms with van der Waals surface area (Å²) in [5.74, 6) is -0.619. The zero-order valence-corrected chi connectivity index (χ0v) is 17.1. The number of benzene rings is 3. The Morgan fingerprint density at radius 1 is 1.06 bits per heavy atom. The Bertz CT molecular complexity index is 1480. The SMILES string of the molecule is Cc1ccc(Oc2nc3cc(-c4ccc5cnccc5c4)c(Cl)cc3[nH]2)cc1C(=O)O. The molecule has 0 bridgehead atoms. The molecule has 5 rings (SSSR count). The molecule has 2 N–H and O–H groups in total. The number of pyridine rings is 1. The van der Waals surface area contributed by atoms with Crippen molar-refractivity contribution in [3.05, 3.63) is 83.1 Å². The monoisotopic (exact) mass is 429 g/mol. The molecule has 2 aromatic heterocycles. The van der Waals surface area contributed by atoms with Crippen LogP contribution >= 0.6 is 11.6 Å². The number of aryl methyl sites for hydroxylation is 1. The van der Waals surface area contributed by atoms with Crippen LogP contribution in [0.4, 0.5) is 0 Å². The topological polar surface area (TPSA) is 88.1 Å². The Morgan fingerprint density at radius 2 is 1.94 bits per heavy atom. The van der Waals surface area contributed by atoms with Crippen molar-refractivity contribution in [3.63, 3.8) is 0 Å². The Kier molecular flexibility index (Phi) is 4.56. The number of H-pyrrole nitrogens is 1. The van der Waals surface area contributed by atoms with Crippen molar-refractivity contribution in [2.24, 2.45) is 0 Å². The average Bonchev–Trinajstić information content (AvgIpc) is 3.15. The Labute approximate surface area is 182 Å². The molecular weight excluding hydrogens is 414 g/mol. The first-order valence-electron chi connectivity index (χ1n) is 9.53. The predicted molar refractivity (Wildman–Crippen MR) is 120 cm³/mol. The predicted octanol–water partition coefficient (Wildman–Crippen LogP) is 6.23. The summed E-state index contributed by atoms with van der Waals surface area (Å²) in [5.41, 5.74) is 4.08. The third-order valence-corrected chi connectivity index (χ3v) is 5.47. The maximum atomic E-state index is 11.4. The molecule has 0 unspecified atom stereocenters. The fraction of sp³-hybridized carbons (Fsp3) is 0.0417. The number of imidazole rings is 1. The summed E-state index contributed by atoms with van der Waals surface area (Å²) in [6, 6.07) is 16.9. The largest absolute Gasteiger partial charge is 0.478 e. The van der Waals surface area contributed by atoms with Crippen LogP contribution in [0.15, 0.2) is 67.0 Å². The van der Waals surface area contributed by atoms with Crippen molar-refractivity contribution in [3.8, 4) is 22.9 Å². The van der Waals surface area contributed by atoms with E-state index in [1.165, 1.54) is 6.07 Å². The molecule has 0 atom stereocenters. The number of nitrogens with one attached hydrogen (secondary N) is 1. The lowest BCUT2D eigenvalue weighted by molar-refractivity contribution is 0.0695. The molecule has 0 radical (unpaired) electrons. The molecule has 152 valence electrons. The van der Waals surface area contributed by atoms with E-state index in [1.807, 2.05) is 30.5 Å². The molecule has 3 aromatic carbocycles. The van der Waals surface area contributed by atoms with E-state index in [0.29, 0.717) is 21.9 Å². The number of aromatic nitrogens is 3. The van der Waals surface area contributed by atoms with Crippen molar-refractivity contribution in [2.45, 2.75) is 6.92 Å². The Hall–Kier alpha value is -3.90. The van der Waals surface area contributed by atoms with Crippen LogP contribution in [0.2, 0.25) is 5.02 Å². The number of carboxylic acid groups (broad SMARTS) is 1. The Morgan fingerprint density at radius 3 is 2.77 bits per heavy atom. The first-order chi connectivity index (χ1) is 15.0. The molecule has 0 fully saturated rings. The van der Waals surface area contributed by atoms with Crippen molar-refractivity contribution < 1.29 is 14.6 Å². The molecule has 0 amide bonds. The number of carboxylic acids is 1. The van der Waals surface area contributed by atoms with Gasteiger partial charge in [-0.1, -0.05) is 29.8 Å². The molecule has 0 saturated carbocycles. The van der Waals surface area contributed by atoms with Crippen molar-refractivity contribution in [2.75, 3.05) is 0 Å². The maximum Gasteiger partial charge on any atom is 0.336 e. The van der Waals surface area contributed by atoms with E-state index in [9.17, 15) is 9.90 Å². The second-order valence-electron chi connectivity index (χ2n) is 7.21. The molecule has 5 aromatic rings. The quantitative estimate of drug-likeness (QED) is 0.353. The van der Waals surface area contributed by atoms with Gasteiger partial charge in [0.05, 0.1) is 21.6 Å².